The number of esters is 1. The number of anilines is 2. The summed E-state index contributed by atoms with van der Waals surface area (Å²) >= 11 is 1.37. The summed E-state index contributed by atoms with van der Waals surface area (Å²) in [4.78, 5) is 29.5. The SMILES string of the molecule is COC(=O)/C=C/c1ccc(OCc2csc(N(C(C)=O)c3ccccc3)n2)c(OC)c1. The van der Waals surface area contributed by atoms with Gasteiger partial charge >= 0.3 is 5.97 Å². The molecule has 0 saturated heterocycles. The summed E-state index contributed by atoms with van der Waals surface area (Å²) in [7, 11) is 2.87. The number of amides is 1. The van der Waals surface area contributed by atoms with Crippen LogP contribution in [-0.2, 0) is 20.9 Å². The zero-order valence-electron chi connectivity index (χ0n) is 17.4. The molecule has 0 N–H and O–H groups in total. The molecule has 7 nitrogen and oxygen atoms in total. The number of nitrogens with zero attached hydrogens (tertiary/aromatic N) is 2. The van der Waals surface area contributed by atoms with Crippen molar-refractivity contribution in [3.8, 4) is 11.5 Å². The van der Waals surface area contributed by atoms with Crippen LogP contribution in [0.4, 0.5) is 10.8 Å². The number of benzene rings is 2. The molecule has 0 aliphatic rings. The van der Waals surface area contributed by atoms with Crippen LogP contribution in [0, 0.1) is 0 Å². The number of thiazole rings is 1. The van der Waals surface area contributed by atoms with Gasteiger partial charge in [0.15, 0.2) is 16.6 Å². The van der Waals surface area contributed by atoms with E-state index < -0.39 is 5.97 Å². The number of hydrogen-bond acceptors (Lipinski definition) is 7. The van der Waals surface area contributed by atoms with Crippen LogP contribution in [0.5, 0.6) is 11.5 Å². The van der Waals surface area contributed by atoms with E-state index in [2.05, 4.69) is 9.72 Å². The summed E-state index contributed by atoms with van der Waals surface area (Å²) in [6, 6.07) is 14.7. The van der Waals surface area contributed by atoms with Gasteiger partial charge < -0.3 is 14.2 Å². The standard InChI is InChI=1S/C23H22N2O5S/c1-16(26)25(19-7-5-4-6-8-19)23-24-18(15-31-23)14-30-20-11-9-17(13-21(20)28-2)10-12-22(27)29-3/h4-13,15H,14H2,1-3H3/b12-10+. The summed E-state index contributed by atoms with van der Waals surface area (Å²) in [6.45, 7) is 1.72. The lowest BCUT2D eigenvalue weighted by Gasteiger charge is -2.17. The van der Waals surface area contributed by atoms with Crippen molar-refractivity contribution in [1.82, 2.24) is 4.98 Å². The highest BCUT2D eigenvalue weighted by Crippen LogP contribution is 2.31. The normalized spacial score (nSPS) is 10.7. The van der Waals surface area contributed by atoms with E-state index in [0.717, 1.165) is 11.3 Å². The second kappa shape index (κ2) is 10.4. The van der Waals surface area contributed by atoms with Gasteiger partial charge in [0.25, 0.3) is 0 Å². The quantitative estimate of drug-likeness (QED) is 0.378. The Morgan fingerprint density at radius 2 is 1.87 bits per heavy atom. The van der Waals surface area contributed by atoms with Gasteiger partial charge in [-0.05, 0) is 35.9 Å². The third-order valence-corrected chi connectivity index (χ3v) is 5.11. The van der Waals surface area contributed by atoms with E-state index in [1.165, 1.54) is 31.4 Å². The summed E-state index contributed by atoms with van der Waals surface area (Å²) in [5.74, 6) is 0.509. The average Bonchev–Trinajstić information content (AvgIpc) is 3.25. The molecule has 0 fully saturated rings. The summed E-state index contributed by atoms with van der Waals surface area (Å²) in [5, 5.41) is 2.43. The first-order chi connectivity index (χ1) is 15.0. The van der Waals surface area contributed by atoms with Gasteiger partial charge in [-0.3, -0.25) is 9.69 Å². The maximum atomic E-state index is 12.2. The van der Waals surface area contributed by atoms with Gasteiger partial charge in [-0.2, -0.15) is 0 Å². The van der Waals surface area contributed by atoms with Crippen molar-refractivity contribution in [3.63, 3.8) is 0 Å². The van der Waals surface area contributed by atoms with Crippen molar-refractivity contribution < 1.29 is 23.8 Å². The van der Waals surface area contributed by atoms with Gasteiger partial charge in [-0.25, -0.2) is 9.78 Å². The molecule has 0 saturated carbocycles. The lowest BCUT2D eigenvalue weighted by atomic mass is 10.2. The summed E-state index contributed by atoms with van der Waals surface area (Å²) in [5.41, 5.74) is 2.22. The predicted octanol–water partition coefficient (Wildman–Crippen LogP) is 4.60. The first-order valence-electron chi connectivity index (χ1n) is 9.39. The van der Waals surface area contributed by atoms with E-state index in [9.17, 15) is 9.59 Å². The lowest BCUT2D eigenvalue weighted by Crippen LogP contribution is -2.22. The number of carbonyl (C=O) groups is 2. The largest absolute Gasteiger partial charge is 0.493 e. The van der Waals surface area contributed by atoms with E-state index >= 15 is 0 Å². The molecule has 8 heteroatoms. The van der Waals surface area contributed by atoms with Gasteiger partial charge in [-0.1, -0.05) is 24.3 Å². The lowest BCUT2D eigenvalue weighted by molar-refractivity contribution is -0.134. The Morgan fingerprint density at radius 3 is 2.55 bits per heavy atom. The van der Waals surface area contributed by atoms with E-state index in [-0.39, 0.29) is 12.5 Å². The highest BCUT2D eigenvalue weighted by atomic mass is 32.1. The van der Waals surface area contributed by atoms with Crippen LogP contribution >= 0.6 is 11.3 Å². The molecule has 3 rings (SSSR count). The van der Waals surface area contributed by atoms with Gasteiger partial charge in [0.05, 0.1) is 25.6 Å². The topological polar surface area (TPSA) is 78.0 Å². The molecule has 160 valence electrons. The van der Waals surface area contributed by atoms with Crippen LogP contribution in [0.3, 0.4) is 0 Å². The van der Waals surface area contributed by atoms with Crippen molar-refractivity contribution in [2.75, 3.05) is 19.1 Å². The number of aromatic nitrogens is 1. The Morgan fingerprint density at radius 1 is 1.10 bits per heavy atom. The fraction of sp³-hybridized carbons (Fsp3) is 0.174. The zero-order valence-corrected chi connectivity index (χ0v) is 18.2. The van der Waals surface area contributed by atoms with E-state index in [1.807, 2.05) is 35.7 Å². The van der Waals surface area contributed by atoms with E-state index in [1.54, 1.807) is 36.3 Å². The number of ether oxygens (including phenoxy) is 3. The summed E-state index contributed by atoms with van der Waals surface area (Å²) < 4.78 is 15.9. The minimum absolute atomic E-state index is 0.120. The van der Waals surface area contributed by atoms with Gasteiger partial charge in [0.2, 0.25) is 5.91 Å². The van der Waals surface area contributed by atoms with Gasteiger partial charge in [0.1, 0.15) is 6.61 Å². The third-order valence-electron chi connectivity index (χ3n) is 4.24. The van der Waals surface area contributed by atoms with Crippen LogP contribution in [0.1, 0.15) is 18.2 Å². The second-order valence-corrected chi connectivity index (χ2v) is 7.20. The molecular formula is C23H22N2O5S. The van der Waals surface area contributed by atoms with Gasteiger partial charge in [0, 0.05) is 18.4 Å². The molecular weight excluding hydrogens is 416 g/mol. The first kappa shape index (κ1) is 22.0. The maximum absolute atomic E-state index is 12.2. The Hall–Kier alpha value is -3.65. The fourth-order valence-corrected chi connectivity index (χ4v) is 3.63. The van der Waals surface area contributed by atoms with Crippen LogP contribution in [0.15, 0.2) is 60.0 Å². The molecule has 1 heterocycles. The molecule has 1 amide bonds. The maximum Gasteiger partial charge on any atom is 0.330 e. The second-order valence-electron chi connectivity index (χ2n) is 6.37. The number of methoxy groups -OCH3 is 2. The number of hydrogen-bond donors (Lipinski definition) is 0. The average molecular weight is 439 g/mol. The Bertz CT molecular complexity index is 1080. The van der Waals surface area contributed by atoms with Crippen molar-refractivity contribution in [1.29, 1.82) is 0 Å². The van der Waals surface area contributed by atoms with Crippen molar-refractivity contribution in [2.45, 2.75) is 13.5 Å². The van der Waals surface area contributed by atoms with E-state index in [4.69, 9.17) is 9.47 Å². The van der Waals surface area contributed by atoms with Crippen molar-refractivity contribution in [2.24, 2.45) is 0 Å². The predicted molar refractivity (Wildman–Crippen MR) is 120 cm³/mol. The highest BCUT2D eigenvalue weighted by Gasteiger charge is 2.18. The molecule has 0 atom stereocenters. The first-order valence-corrected chi connectivity index (χ1v) is 10.3. The molecule has 3 aromatic rings. The third kappa shape index (κ3) is 5.70. The molecule has 0 spiro atoms. The van der Waals surface area contributed by atoms with Crippen LogP contribution in [0.2, 0.25) is 0 Å². The van der Waals surface area contributed by atoms with E-state index in [0.29, 0.717) is 22.3 Å². The molecule has 2 aromatic carbocycles. The van der Waals surface area contributed by atoms with Gasteiger partial charge in [-0.15, -0.1) is 11.3 Å². The zero-order chi connectivity index (χ0) is 22.2. The molecule has 1 aromatic heterocycles. The van der Waals surface area contributed by atoms with Crippen LogP contribution in [0.25, 0.3) is 6.08 Å². The minimum Gasteiger partial charge on any atom is -0.493 e. The van der Waals surface area contributed by atoms with Crippen LogP contribution in [-0.4, -0.2) is 31.1 Å². The molecule has 0 radical (unpaired) electrons. The number of rotatable bonds is 8. The molecule has 31 heavy (non-hydrogen) atoms. The van der Waals surface area contributed by atoms with Crippen molar-refractivity contribution in [3.05, 3.63) is 71.2 Å². The summed E-state index contributed by atoms with van der Waals surface area (Å²) in [6.07, 6.45) is 2.96. The molecule has 0 unspecified atom stereocenters. The van der Waals surface area contributed by atoms with Crippen molar-refractivity contribution >= 4 is 40.1 Å². The number of carbonyl (C=O) groups excluding carboxylic acids is 2. The minimum atomic E-state index is -0.436. The molecule has 0 bridgehead atoms. The highest BCUT2D eigenvalue weighted by molar-refractivity contribution is 7.14. The number of para-hydroxylation sites is 1. The van der Waals surface area contributed by atoms with Crippen LogP contribution < -0.4 is 14.4 Å². The fourth-order valence-electron chi connectivity index (χ4n) is 2.76. The molecule has 0 aliphatic carbocycles. The Kier molecular flexibility index (Phi) is 7.40. The monoisotopic (exact) mass is 438 g/mol. The molecule has 0 aliphatic heterocycles. The Balaban J connectivity index is 1.72. The smallest absolute Gasteiger partial charge is 0.330 e. The Labute approximate surface area is 184 Å².